The molecule has 1 saturated carbocycles. The molecule has 0 aromatic carbocycles. The maximum absolute atomic E-state index is 6.45. The van der Waals surface area contributed by atoms with E-state index in [4.69, 9.17) is 10.7 Å². The van der Waals surface area contributed by atoms with Crippen molar-refractivity contribution in [3.05, 3.63) is 20.3 Å². The van der Waals surface area contributed by atoms with Gasteiger partial charge in [0.1, 0.15) is 16.4 Å². The SMILES string of the molecule is Cc1nc(-c2csc(C3(N)CCCC3)n2)c(C)s1. The lowest BCUT2D eigenvalue weighted by atomic mass is 10.0. The first-order valence-corrected chi connectivity index (χ1v) is 7.97. The average Bonchev–Trinajstić information content (AvgIpc) is 2.99. The normalized spacial score (nSPS) is 18.4. The third-order valence-electron chi connectivity index (χ3n) is 3.57. The van der Waals surface area contributed by atoms with Crippen LogP contribution in [0.5, 0.6) is 0 Å². The topological polar surface area (TPSA) is 51.8 Å². The Morgan fingerprint density at radius 3 is 2.56 bits per heavy atom. The summed E-state index contributed by atoms with van der Waals surface area (Å²) in [6.07, 6.45) is 4.57. The van der Waals surface area contributed by atoms with Crippen molar-refractivity contribution in [1.82, 2.24) is 9.97 Å². The quantitative estimate of drug-likeness (QED) is 0.913. The first-order chi connectivity index (χ1) is 8.58. The second kappa shape index (κ2) is 4.40. The molecule has 0 amide bonds. The number of thiazole rings is 2. The zero-order valence-electron chi connectivity index (χ0n) is 10.7. The Balaban J connectivity index is 1.96. The van der Waals surface area contributed by atoms with Crippen LogP contribution in [0.3, 0.4) is 0 Å². The Bertz CT molecular complexity index is 565. The van der Waals surface area contributed by atoms with Crippen LogP contribution in [0, 0.1) is 13.8 Å². The summed E-state index contributed by atoms with van der Waals surface area (Å²) in [6.45, 7) is 4.14. The fraction of sp³-hybridized carbons (Fsp3) is 0.538. The molecule has 2 aromatic heterocycles. The molecule has 2 heterocycles. The molecule has 0 bridgehead atoms. The zero-order chi connectivity index (χ0) is 12.8. The smallest absolute Gasteiger partial charge is 0.113 e. The Morgan fingerprint density at radius 2 is 1.94 bits per heavy atom. The first-order valence-electron chi connectivity index (χ1n) is 6.28. The molecule has 2 N–H and O–H groups in total. The zero-order valence-corrected chi connectivity index (χ0v) is 12.3. The van der Waals surface area contributed by atoms with Crippen molar-refractivity contribution in [2.45, 2.75) is 45.1 Å². The second-order valence-electron chi connectivity index (χ2n) is 5.04. The number of hydrogen-bond acceptors (Lipinski definition) is 5. The van der Waals surface area contributed by atoms with Crippen LogP contribution in [-0.2, 0) is 5.54 Å². The summed E-state index contributed by atoms with van der Waals surface area (Å²) < 4.78 is 0. The fourth-order valence-corrected chi connectivity index (χ4v) is 4.40. The van der Waals surface area contributed by atoms with Crippen molar-refractivity contribution in [2.24, 2.45) is 5.73 Å². The lowest BCUT2D eigenvalue weighted by Gasteiger charge is -2.19. The lowest BCUT2D eigenvalue weighted by Crippen LogP contribution is -2.32. The highest BCUT2D eigenvalue weighted by Gasteiger charge is 2.34. The summed E-state index contributed by atoms with van der Waals surface area (Å²) in [5.74, 6) is 0. The molecule has 3 nitrogen and oxygen atoms in total. The van der Waals surface area contributed by atoms with Gasteiger partial charge < -0.3 is 5.73 Å². The summed E-state index contributed by atoms with van der Waals surface area (Å²) >= 11 is 3.41. The number of nitrogens with two attached hydrogens (primary N) is 1. The Hall–Kier alpha value is -0.780. The highest BCUT2D eigenvalue weighted by atomic mass is 32.1. The predicted molar refractivity (Wildman–Crippen MR) is 77.0 cm³/mol. The summed E-state index contributed by atoms with van der Waals surface area (Å²) in [4.78, 5) is 10.5. The monoisotopic (exact) mass is 279 g/mol. The minimum Gasteiger partial charge on any atom is -0.319 e. The molecule has 0 radical (unpaired) electrons. The molecule has 5 heteroatoms. The molecule has 2 aromatic rings. The van der Waals surface area contributed by atoms with Crippen molar-refractivity contribution >= 4 is 22.7 Å². The van der Waals surface area contributed by atoms with Gasteiger partial charge in [0.05, 0.1) is 10.5 Å². The molecule has 1 aliphatic carbocycles. The maximum Gasteiger partial charge on any atom is 0.113 e. The van der Waals surface area contributed by atoms with E-state index in [1.807, 2.05) is 6.92 Å². The number of aryl methyl sites for hydroxylation is 2. The average molecular weight is 279 g/mol. The minimum absolute atomic E-state index is 0.179. The van der Waals surface area contributed by atoms with E-state index in [0.29, 0.717) is 0 Å². The van der Waals surface area contributed by atoms with E-state index in [1.54, 1.807) is 22.7 Å². The maximum atomic E-state index is 6.45. The summed E-state index contributed by atoms with van der Waals surface area (Å²) in [5, 5.41) is 4.28. The molecule has 96 valence electrons. The minimum atomic E-state index is -0.179. The van der Waals surface area contributed by atoms with E-state index >= 15 is 0 Å². The number of nitrogens with zero attached hydrogens (tertiary/aromatic N) is 2. The lowest BCUT2D eigenvalue weighted by molar-refractivity contribution is 0.459. The van der Waals surface area contributed by atoms with Crippen LogP contribution < -0.4 is 5.73 Å². The van der Waals surface area contributed by atoms with Gasteiger partial charge in [-0.05, 0) is 26.7 Å². The van der Waals surface area contributed by atoms with Gasteiger partial charge in [-0.2, -0.15) is 0 Å². The summed E-state index contributed by atoms with van der Waals surface area (Å²) in [6, 6.07) is 0. The molecule has 0 aliphatic heterocycles. The van der Waals surface area contributed by atoms with Crippen LogP contribution in [-0.4, -0.2) is 9.97 Å². The standard InChI is InChI=1S/C13H17N3S2/c1-8-11(15-9(2)18-8)10-7-17-12(16-10)13(14)5-3-4-6-13/h7H,3-6,14H2,1-2H3. The molecular weight excluding hydrogens is 262 g/mol. The number of hydrogen-bond donors (Lipinski definition) is 1. The van der Waals surface area contributed by atoms with E-state index in [1.165, 1.54) is 17.7 Å². The Kier molecular flexibility index (Phi) is 3.00. The molecule has 3 rings (SSSR count). The van der Waals surface area contributed by atoms with E-state index < -0.39 is 0 Å². The fourth-order valence-electron chi connectivity index (χ4n) is 2.60. The molecular formula is C13H17N3S2. The first kappa shape index (κ1) is 12.3. The van der Waals surface area contributed by atoms with Crippen LogP contribution >= 0.6 is 22.7 Å². The van der Waals surface area contributed by atoms with Gasteiger partial charge in [-0.15, -0.1) is 22.7 Å². The van der Waals surface area contributed by atoms with Gasteiger partial charge in [-0.3, -0.25) is 0 Å². The van der Waals surface area contributed by atoms with Gasteiger partial charge in [0, 0.05) is 10.3 Å². The predicted octanol–water partition coefficient (Wildman–Crippen LogP) is 3.61. The summed E-state index contributed by atoms with van der Waals surface area (Å²) in [7, 11) is 0. The highest BCUT2D eigenvalue weighted by Crippen LogP contribution is 2.39. The van der Waals surface area contributed by atoms with Crippen molar-refractivity contribution in [1.29, 1.82) is 0 Å². The van der Waals surface area contributed by atoms with Gasteiger partial charge in [-0.1, -0.05) is 12.8 Å². The second-order valence-corrected chi connectivity index (χ2v) is 7.30. The third-order valence-corrected chi connectivity index (χ3v) is 5.52. The third kappa shape index (κ3) is 2.00. The van der Waals surface area contributed by atoms with E-state index in [9.17, 15) is 0 Å². The van der Waals surface area contributed by atoms with E-state index in [0.717, 1.165) is 34.2 Å². The van der Waals surface area contributed by atoms with Crippen LogP contribution in [0.25, 0.3) is 11.4 Å². The van der Waals surface area contributed by atoms with Crippen molar-refractivity contribution in [3.8, 4) is 11.4 Å². The molecule has 18 heavy (non-hydrogen) atoms. The molecule has 0 unspecified atom stereocenters. The molecule has 0 atom stereocenters. The van der Waals surface area contributed by atoms with Crippen LogP contribution in [0.1, 0.15) is 40.6 Å². The largest absolute Gasteiger partial charge is 0.319 e. The van der Waals surface area contributed by atoms with Gasteiger partial charge >= 0.3 is 0 Å². The van der Waals surface area contributed by atoms with Gasteiger partial charge in [0.2, 0.25) is 0 Å². The number of aromatic nitrogens is 2. The molecule has 1 aliphatic rings. The van der Waals surface area contributed by atoms with Crippen LogP contribution in [0.2, 0.25) is 0 Å². The van der Waals surface area contributed by atoms with E-state index in [2.05, 4.69) is 17.3 Å². The molecule has 0 spiro atoms. The number of rotatable bonds is 2. The Labute approximate surface area is 115 Å². The van der Waals surface area contributed by atoms with Crippen LogP contribution in [0.4, 0.5) is 0 Å². The molecule has 1 fully saturated rings. The van der Waals surface area contributed by atoms with Gasteiger partial charge in [0.15, 0.2) is 0 Å². The van der Waals surface area contributed by atoms with Gasteiger partial charge in [-0.25, -0.2) is 9.97 Å². The van der Waals surface area contributed by atoms with Gasteiger partial charge in [0.25, 0.3) is 0 Å². The van der Waals surface area contributed by atoms with Crippen molar-refractivity contribution in [2.75, 3.05) is 0 Å². The van der Waals surface area contributed by atoms with E-state index in [-0.39, 0.29) is 5.54 Å². The summed E-state index contributed by atoms with van der Waals surface area (Å²) in [5.41, 5.74) is 8.29. The van der Waals surface area contributed by atoms with Crippen molar-refractivity contribution < 1.29 is 0 Å². The van der Waals surface area contributed by atoms with Crippen molar-refractivity contribution in [3.63, 3.8) is 0 Å². The Morgan fingerprint density at radius 1 is 1.22 bits per heavy atom. The van der Waals surface area contributed by atoms with Crippen LogP contribution in [0.15, 0.2) is 5.38 Å². The highest BCUT2D eigenvalue weighted by molar-refractivity contribution is 7.12. The molecule has 0 saturated heterocycles.